The second kappa shape index (κ2) is 6.02. The molecule has 1 aliphatic heterocycles. The molecule has 1 fully saturated rings. The van der Waals surface area contributed by atoms with Crippen LogP contribution < -0.4 is 10.6 Å². The van der Waals surface area contributed by atoms with Crippen molar-refractivity contribution in [1.29, 1.82) is 0 Å². The van der Waals surface area contributed by atoms with E-state index in [9.17, 15) is 14.4 Å². The lowest BCUT2D eigenvalue weighted by atomic mass is 9.78. The maximum atomic E-state index is 12.8. The Morgan fingerprint density at radius 1 is 1.30 bits per heavy atom. The third-order valence-electron chi connectivity index (χ3n) is 4.55. The average molecular weight is 315 g/mol. The Balaban J connectivity index is 1.75. The Labute approximate surface area is 135 Å². The summed E-state index contributed by atoms with van der Waals surface area (Å²) in [4.78, 5) is 37.8. The quantitative estimate of drug-likeness (QED) is 0.813. The maximum Gasteiger partial charge on any atom is 0.325 e. The summed E-state index contributed by atoms with van der Waals surface area (Å²) in [6.07, 6.45) is 2.62. The van der Waals surface area contributed by atoms with Gasteiger partial charge in [0.2, 0.25) is 5.91 Å². The first kappa shape index (κ1) is 15.5. The number of rotatable bonds is 4. The Morgan fingerprint density at radius 2 is 2.04 bits per heavy atom. The van der Waals surface area contributed by atoms with Crippen LogP contribution in [0.25, 0.3) is 0 Å². The number of carbonyl (C=O) groups is 3. The number of amides is 4. The zero-order valence-electron chi connectivity index (χ0n) is 13.2. The number of carbonyl (C=O) groups excluding carboxylic acids is 3. The van der Waals surface area contributed by atoms with Crippen molar-refractivity contribution < 1.29 is 14.4 Å². The van der Waals surface area contributed by atoms with Gasteiger partial charge in [-0.05, 0) is 30.4 Å². The van der Waals surface area contributed by atoms with Gasteiger partial charge in [0.1, 0.15) is 12.1 Å². The SMILES string of the molecule is CCCNC(=O)CN1C(=O)NC2(CCc3ccccc3C2)C1=O. The van der Waals surface area contributed by atoms with Gasteiger partial charge < -0.3 is 10.6 Å². The summed E-state index contributed by atoms with van der Waals surface area (Å²) in [5, 5.41) is 5.52. The Morgan fingerprint density at radius 3 is 2.78 bits per heavy atom. The molecule has 6 nitrogen and oxygen atoms in total. The molecule has 1 heterocycles. The van der Waals surface area contributed by atoms with E-state index in [1.54, 1.807) is 0 Å². The van der Waals surface area contributed by atoms with Crippen LogP contribution in [0.1, 0.15) is 30.9 Å². The van der Waals surface area contributed by atoms with Gasteiger partial charge in [-0.3, -0.25) is 14.5 Å². The summed E-state index contributed by atoms with van der Waals surface area (Å²) in [6, 6.07) is 7.50. The summed E-state index contributed by atoms with van der Waals surface area (Å²) >= 11 is 0. The van der Waals surface area contributed by atoms with Crippen molar-refractivity contribution in [2.45, 2.75) is 38.1 Å². The number of aryl methyl sites for hydroxylation is 1. The highest BCUT2D eigenvalue weighted by Gasteiger charge is 2.52. The second-order valence-electron chi connectivity index (χ2n) is 6.20. The van der Waals surface area contributed by atoms with Crippen molar-refractivity contribution in [1.82, 2.24) is 15.5 Å². The fourth-order valence-electron chi connectivity index (χ4n) is 3.31. The molecule has 1 saturated heterocycles. The van der Waals surface area contributed by atoms with E-state index in [1.165, 1.54) is 5.56 Å². The van der Waals surface area contributed by atoms with Crippen LogP contribution in [0.4, 0.5) is 4.79 Å². The molecule has 0 radical (unpaired) electrons. The summed E-state index contributed by atoms with van der Waals surface area (Å²) in [5.74, 6) is -0.590. The number of nitrogens with zero attached hydrogens (tertiary/aromatic N) is 1. The van der Waals surface area contributed by atoms with Crippen LogP contribution in [0.15, 0.2) is 24.3 Å². The van der Waals surface area contributed by atoms with Gasteiger partial charge in [-0.25, -0.2) is 4.79 Å². The highest BCUT2D eigenvalue weighted by Crippen LogP contribution is 2.33. The van der Waals surface area contributed by atoms with Crippen molar-refractivity contribution in [2.24, 2.45) is 0 Å². The van der Waals surface area contributed by atoms with Gasteiger partial charge in [0.15, 0.2) is 0 Å². The molecule has 3 rings (SSSR count). The summed E-state index contributed by atoms with van der Waals surface area (Å²) < 4.78 is 0. The van der Waals surface area contributed by atoms with Crippen LogP contribution in [0.2, 0.25) is 0 Å². The smallest absolute Gasteiger partial charge is 0.325 e. The molecule has 1 unspecified atom stereocenters. The van der Waals surface area contributed by atoms with E-state index < -0.39 is 11.6 Å². The van der Waals surface area contributed by atoms with Gasteiger partial charge in [0, 0.05) is 13.0 Å². The minimum atomic E-state index is -0.892. The zero-order valence-corrected chi connectivity index (χ0v) is 13.2. The van der Waals surface area contributed by atoms with E-state index >= 15 is 0 Å². The Kier molecular flexibility index (Phi) is 4.07. The summed E-state index contributed by atoms with van der Waals surface area (Å²) in [5.41, 5.74) is 1.42. The van der Waals surface area contributed by atoms with Gasteiger partial charge in [0.25, 0.3) is 5.91 Å². The lowest BCUT2D eigenvalue weighted by Crippen LogP contribution is -2.51. The number of nitrogens with one attached hydrogen (secondary N) is 2. The largest absolute Gasteiger partial charge is 0.355 e. The number of hydrogen-bond acceptors (Lipinski definition) is 3. The first-order chi connectivity index (χ1) is 11.1. The predicted molar refractivity (Wildman–Crippen MR) is 84.7 cm³/mol. The first-order valence-corrected chi connectivity index (χ1v) is 8.03. The van der Waals surface area contributed by atoms with Gasteiger partial charge >= 0.3 is 6.03 Å². The van der Waals surface area contributed by atoms with Crippen molar-refractivity contribution in [3.8, 4) is 0 Å². The molecule has 1 aromatic carbocycles. The fraction of sp³-hybridized carbons (Fsp3) is 0.471. The van der Waals surface area contributed by atoms with Crippen LogP contribution in [0, 0.1) is 0 Å². The number of benzene rings is 1. The predicted octanol–water partition coefficient (Wildman–Crippen LogP) is 0.992. The molecule has 4 amide bonds. The topological polar surface area (TPSA) is 78.5 Å². The first-order valence-electron chi connectivity index (χ1n) is 8.03. The Hall–Kier alpha value is -2.37. The van der Waals surface area contributed by atoms with Crippen LogP contribution >= 0.6 is 0 Å². The molecule has 1 spiro atoms. The van der Waals surface area contributed by atoms with Crippen LogP contribution in [-0.4, -0.2) is 41.4 Å². The highest BCUT2D eigenvalue weighted by atomic mass is 16.2. The summed E-state index contributed by atoms with van der Waals surface area (Å²) in [7, 11) is 0. The number of imide groups is 1. The number of hydrogen-bond donors (Lipinski definition) is 2. The third kappa shape index (κ3) is 2.81. The molecule has 0 bridgehead atoms. The molecule has 23 heavy (non-hydrogen) atoms. The maximum absolute atomic E-state index is 12.8. The lowest BCUT2D eigenvalue weighted by Gasteiger charge is -2.32. The minimum Gasteiger partial charge on any atom is -0.355 e. The molecule has 0 aromatic heterocycles. The highest BCUT2D eigenvalue weighted by molar-refractivity contribution is 6.09. The molecule has 2 aliphatic rings. The van der Waals surface area contributed by atoms with E-state index in [2.05, 4.69) is 16.7 Å². The van der Waals surface area contributed by atoms with Crippen molar-refractivity contribution in [3.63, 3.8) is 0 Å². The van der Waals surface area contributed by atoms with Gasteiger partial charge in [-0.1, -0.05) is 31.2 Å². The normalized spacial score (nSPS) is 22.9. The molecule has 122 valence electrons. The minimum absolute atomic E-state index is 0.214. The van der Waals surface area contributed by atoms with E-state index in [4.69, 9.17) is 0 Å². The molecule has 2 N–H and O–H groups in total. The van der Waals surface area contributed by atoms with Crippen LogP contribution in [0.5, 0.6) is 0 Å². The molecular weight excluding hydrogens is 294 g/mol. The van der Waals surface area contributed by atoms with E-state index in [0.29, 0.717) is 19.4 Å². The van der Waals surface area contributed by atoms with Crippen LogP contribution in [-0.2, 0) is 22.4 Å². The molecule has 1 atom stereocenters. The molecule has 1 aromatic rings. The second-order valence-corrected chi connectivity index (χ2v) is 6.20. The average Bonchev–Trinajstić information content (AvgIpc) is 2.77. The summed E-state index contributed by atoms with van der Waals surface area (Å²) in [6.45, 7) is 2.28. The monoisotopic (exact) mass is 315 g/mol. The van der Waals surface area contributed by atoms with Gasteiger partial charge in [-0.2, -0.15) is 0 Å². The molecule has 0 saturated carbocycles. The number of fused-ring (bicyclic) bond motifs is 1. The zero-order chi connectivity index (χ0) is 16.4. The van der Waals surface area contributed by atoms with Crippen molar-refractivity contribution in [3.05, 3.63) is 35.4 Å². The van der Waals surface area contributed by atoms with Crippen LogP contribution in [0.3, 0.4) is 0 Å². The fourth-order valence-corrected chi connectivity index (χ4v) is 3.31. The van der Waals surface area contributed by atoms with Crippen molar-refractivity contribution >= 4 is 17.8 Å². The number of urea groups is 1. The lowest BCUT2D eigenvalue weighted by molar-refractivity contribution is -0.135. The molecule has 6 heteroatoms. The van der Waals surface area contributed by atoms with Gasteiger partial charge in [-0.15, -0.1) is 0 Å². The standard InChI is InChI=1S/C17H21N3O3/c1-2-9-18-14(21)11-20-15(22)17(19-16(20)23)8-7-12-5-3-4-6-13(12)10-17/h3-6H,2,7-11H2,1H3,(H,18,21)(H,19,23). The Bertz CT molecular complexity index is 658. The molecular formula is C17H21N3O3. The van der Waals surface area contributed by atoms with E-state index in [0.717, 1.165) is 23.3 Å². The molecule has 1 aliphatic carbocycles. The third-order valence-corrected chi connectivity index (χ3v) is 4.55. The van der Waals surface area contributed by atoms with Crippen molar-refractivity contribution in [2.75, 3.05) is 13.1 Å². The van der Waals surface area contributed by atoms with E-state index in [1.807, 2.05) is 25.1 Å². The van der Waals surface area contributed by atoms with Gasteiger partial charge in [0.05, 0.1) is 0 Å². The van der Waals surface area contributed by atoms with E-state index in [-0.39, 0.29) is 18.4 Å².